The van der Waals surface area contributed by atoms with Gasteiger partial charge in [-0.25, -0.2) is 4.98 Å². The van der Waals surface area contributed by atoms with Crippen LogP contribution in [0.2, 0.25) is 0 Å². The zero-order valence-corrected chi connectivity index (χ0v) is 14.6. The average Bonchev–Trinajstić information content (AvgIpc) is 3.02. The Labute approximate surface area is 144 Å². The van der Waals surface area contributed by atoms with E-state index in [4.69, 9.17) is 9.47 Å². The third kappa shape index (κ3) is 3.05. The van der Waals surface area contributed by atoms with E-state index in [1.165, 1.54) is 7.11 Å². The van der Waals surface area contributed by atoms with Gasteiger partial charge in [-0.05, 0) is 24.3 Å². The number of rotatable bonds is 5. The number of thiazole rings is 1. The Morgan fingerprint density at radius 1 is 1.12 bits per heavy atom. The van der Waals surface area contributed by atoms with Crippen LogP contribution in [-0.2, 0) is 6.54 Å². The number of hydrogen-bond donors (Lipinski definition) is 0. The minimum absolute atomic E-state index is 0.134. The highest BCUT2D eigenvalue weighted by molar-refractivity contribution is 7.18. The molecule has 3 aromatic rings. The van der Waals surface area contributed by atoms with Crippen molar-refractivity contribution in [3.8, 4) is 11.5 Å². The SMILES string of the molecule is COc1cccc(C(=O)N(C)Cc2nc3ccccc3s2)c1OC. The van der Waals surface area contributed by atoms with Crippen molar-refractivity contribution in [3.05, 3.63) is 53.0 Å². The molecule has 1 aromatic heterocycles. The van der Waals surface area contributed by atoms with E-state index in [2.05, 4.69) is 4.98 Å². The Balaban J connectivity index is 1.84. The number of hydrogen-bond acceptors (Lipinski definition) is 5. The zero-order valence-electron chi connectivity index (χ0n) is 13.8. The molecule has 0 saturated heterocycles. The van der Waals surface area contributed by atoms with Gasteiger partial charge in [-0.15, -0.1) is 11.3 Å². The first-order valence-electron chi connectivity index (χ1n) is 7.45. The van der Waals surface area contributed by atoms with Gasteiger partial charge in [-0.3, -0.25) is 4.79 Å². The van der Waals surface area contributed by atoms with E-state index in [1.54, 1.807) is 48.6 Å². The van der Waals surface area contributed by atoms with Gasteiger partial charge in [-0.1, -0.05) is 18.2 Å². The first-order chi connectivity index (χ1) is 11.6. The zero-order chi connectivity index (χ0) is 17.1. The fourth-order valence-corrected chi connectivity index (χ4v) is 3.54. The normalized spacial score (nSPS) is 10.6. The predicted molar refractivity (Wildman–Crippen MR) is 95.0 cm³/mol. The molecule has 24 heavy (non-hydrogen) atoms. The number of amides is 1. The number of fused-ring (bicyclic) bond motifs is 1. The van der Waals surface area contributed by atoms with E-state index in [1.807, 2.05) is 24.3 Å². The van der Waals surface area contributed by atoms with E-state index < -0.39 is 0 Å². The molecule has 0 radical (unpaired) electrons. The molecule has 124 valence electrons. The molecule has 0 saturated carbocycles. The van der Waals surface area contributed by atoms with Crippen LogP contribution in [0.4, 0.5) is 0 Å². The van der Waals surface area contributed by atoms with Gasteiger partial charge in [0.05, 0.1) is 36.5 Å². The van der Waals surface area contributed by atoms with Gasteiger partial charge in [-0.2, -0.15) is 0 Å². The first-order valence-corrected chi connectivity index (χ1v) is 8.26. The number of para-hydroxylation sites is 2. The van der Waals surface area contributed by atoms with Crippen LogP contribution in [0.25, 0.3) is 10.2 Å². The summed E-state index contributed by atoms with van der Waals surface area (Å²) in [7, 11) is 4.84. The fourth-order valence-electron chi connectivity index (χ4n) is 2.52. The highest BCUT2D eigenvalue weighted by Gasteiger charge is 2.20. The number of ether oxygens (including phenoxy) is 2. The highest BCUT2D eigenvalue weighted by atomic mass is 32.1. The van der Waals surface area contributed by atoms with Gasteiger partial charge in [0.15, 0.2) is 11.5 Å². The van der Waals surface area contributed by atoms with E-state index in [0.717, 1.165) is 15.2 Å². The Morgan fingerprint density at radius 2 is 1.92 bits per heavy atom. The monoisotopic (exact) mass is 342 g/mol. The first kappa shape index (κ1) is 16.3. The van der Waals surface area contributed by atoms with Gasteiger partial charge in [0.25, 0.3) is 5.91 Å². The molecular weight excluding hydrogens is 324 g/mol. The maximum Gasteiger partial charge on any atom is 0.257 e. The third-order valence-corrected chi connectivity index (χ3v) is 4.71. The molecule has 0 spiro atoms. The second kappa shape index (κ2) is 6.88. The molecule has 0 unspecified atom stereocenters. The van der Waals surface area contributed by atoms with Crippen LogP contribution in [0.3, 0.4) is 0 Å². The lowest BCUT2D eigenvalue weighted by Gasteiger charge is -2.18. The topological polar surface area (TPSA) is 51.7 Å². The number of aromatic nitrogens is 1. The number of benzene rings is 2. The highest BCUT2D eigenvalue weighted by Crippen LogP contribution is 2.31. The quantitative estimate of drug-likeness (QED) is 0.711. The molecule has 0 aliphatic rings. The smallest absolute Gasteiger partial charge is 0.257 e. The molecule has 1 amide bonds. The van der Waals surface area contributed by atoms with Crippen LogP contribution in [0.5, 0.6) is 11.5 Å². The van der Waals surface area contributed by atoms with Crippen LogP contribution >= 0.6 is 11.3 Å². The van der Waals surface area contributed by atoms with Crippen LogP contribution in [0.1, 0.15) is 15.4 Å². The second-order valence-electron chi connectivity index (χ2n) is 5.28. The molecule has 2 aromatic carbocycles. The van der Waals surface area contributed by atoms with Gasteiger partial charge in [0.1, 0.15) is 5.01 Å². The van der Waals surface area contributed by atoms with Crippen molar-refractivity contribution in [2.75, 3.05) is 21.3 Å². The summed E-state index contributed by atoms with van der Waals surface area (Å²) in [5.41, 5.74) is 1.43. The van der Waals surface area contributed by atoms with E-state index in [0.29, 0.717) is 23.6 Å². The molecule has 1 heterocycles. The Morgan fingerprint density at radius 3 is 2.62 bits per heavy atom. The maximum atomic E-state index is 12.8. The lowest BCUT2D eigenvalue weighted by molar-refractivity contribution is 0.0781. The maximum absolute atomic E-state index is 12.8. The van der Waals surface area contributed by atoms with Crippen molar-refractivity contribution in [2.45, 2.75) is 6.54 Å². The average molecular weight is 342 g/mol. The fraction of sp³-hybridized carbons (Fsp3) is 0.222. The summed E-state index contributed by atoms with van der Waals surface area (Å²) in [6.45, 7) is 0.443. The van der Waals surface area contributed by atoms with Crippen molar-refractivity contribution in [1.82, 2.24) is 9.88 Å². The molecule has 0 fully saturated rings. The molecule has 6 heteroatoms. The standard InChI is InChI=1S/C18H18N2O3S/c1-20(11-16-19-13-8-4-5-10-15(13)24-16)18(21)12-7-6-9-14(22-2)17(12)23-3/h4-10H,11H2,1-3H3. The van der Waals surface area contributed by atoms with Crippen LogP contribution in [-0.4, -0.2) is 37.1 Å². The Bertz CT molecular complexity index is 843. The largest absolute Gasteiger partial charge is 0.493 e. The molecule has 3 rings (SSSR count). The third-order valence-electron chi connectivity index (χ3n) is 3.69. The minimum Gasteiger partial charge on any atom is -0.493 e. The van der Waals surface area contributed by atoms with Gasteiger partial charge in [0, 0.05) is 7.05 Å². The van der Waals surface area contributed by atoms with E-state index in [-0.39, 0.29) is 5.91 Å². The summed E-state index contributed by atoms with van der Waals surface area (Å²) in [5.74, 6) is 0.850. The van der Waals surface area contributed by atoms with Gasteiger partial charge >= 0.3 is 0 Å². The molecule has 0 aliphatic heterocycles. The van der Waals surface area contributed by atoms with Crippen molar-refractivity contribution in [3.63, 3.8) is 0 Å². The summed E-state index contributed by atoms with van der Waals surface area (Å²) in [4.78, 5) is 19.0. The van der Waals surface area contributed by atoms with Gasteiger partial charge in [0.2, 0.25) is 0 Å². The molecular formula is C18H18N2O3S. The molecule has 0 N–H and O–H groups in total. The summed E-state index contributed by atoms with van der Waals surface area (Å²) < 4.78 is 11.7. The van der Waals surface area contributed by atoms with Crippen LogP contribution < -0.4 is 9.47 Å². The Hall–Kier alpha value is -2.60. The lowest BCUT2D eigenvalue weighted by Crippen LogP contribution is -2.26. The number of carbonyl (C=O) groups is 1. The summed E-state index contributed by atoms with van der Waals surface area (Å²) >= 11 is 1.59. The van der Waals surface area contributed by atoms with Crippen LogP contribution in [0, 0.1) is 0 Å². The van der Waals surface area contributed by atoms with Gasteiger partial charge < -0.3 is 14.4 Å². The minimum atomic E-state index is -0.134. The second-order valence-corrected chi connectivity index (χ2v) is 6.39. The number of nitrogens with zero attached hydrogens (tertiary/aromatic N) is 2. The summed E-state index contributed by atoms with van der Waals surface area (Å²) in [6.07, 6.45) is 0. The van der Waals surface area contributed by atoms with Crippen molar-refractivity contribution in [1.29, 1.82) is 0 Å². The predicted octanol–water partition coefficient (Wildman–Crippen LogP) is 3.59. The molecule has 5 nitrogen and oxygen atoms in total. The molecule has 0 bridgehead atoms. The lowest BCUT2D eigenvalue weighted by atomic mass is 10.1. The number of methoxy groups -OCH3 is 2. The van der Waals surface area contributed by atoms with E-state index in [9.17, 15) is 4.79 Å². The molecule has 0 atom stereocenters. The van der Waals surface area contributed by atoms with Crippen molar-refractivity contribution in [2.24, 2.45) is 0 Å². The summed E-state index contributed by atoms with van der Waals surface area (Å²) in [5, 5.41) is 0.897. The molecule has 0 aliphatic carbocycles. The summed E-state index contributed by atoms with van der Waals surface area (Å²) in [6, 6.07) is 13.2. The van der Waals surface area contributed by atoms with E-state index >= 15 is 0 Å². The number of carbonyl (C=O) groups excluding carboxylic acids is 1. The Kier molecular flexibility index (Phi) is 4.66. The van der Waals surface area contributed by atoms with Crippen molar-refractivity contribution >= 4 is 27.5 Å². The van der Waals surface area contributed by atoms with Crippen molar-refractivity contribution < 1.29 is 14.3 Å². The van der Waals surface area contributed by atoms with Crippen LogP contribution in [0.15, 0.2) is 42.5 Å².